The van der Waals surface area contributed by atoms with Gasteiger partial charge in [-0.3, -0.25) is 24.0 Å². The summed E-state index contributed by atoms with van der Waals surface area (Å²) in [7, 11) is 5.30. The quantitative estimate of drug-likeness (QED) is 0.202. The summed E-state index contributed by atoms with van der Waals surface area (Å²) in [4.78, 5) is 94.8. The molecule has 2 rings (SSSR count). The Bertz CT molecular complexity index is 1600. The lowest BCUT2D eigenvalue weighted by Gasteiger charge is -2.30. The number of ether oxygens (including phenoxy) is 3. The molecule has 1 heterocycles. The predicted octanol–water partition coefficient (Wildman–Crippen LogP) is 2.24. The number of nitrogens with one attached hydrogen (secondary N) is 4. The molecule has 9 atom stereocenters. The van der Waals surface area contributed by atoms with E-state index in [4.69, 9.17) is 14.2 Å². The number of rotatable bonds is 10. The topological polar surface area (TPSA) is 199 Å². The molecule has 310 valence electrons. The average molecular weight is 784 g/mol. The maximum atomic E-state index is 14.0. The van der Waals surface area contributed by atoms with Gasteiger partial charge in [-0.15, -0.1) is 0 Å². The Labute approximate surface area is 330 Å². The SMILES string of the molecule is COC(=O)[C@H]1CCC(=O)N(C)[C@@H](C)C(=O)N[C@@H](C(=O)OC)[C@H](C)C(=O)N[C@H](C(C)C)C(=O)N[C@@H](/C=C/C(C)=C/[C@H](C)[C@H](Cc2ccccc2)OC)[C@H](C)C(=O)N1. The van der Waals surface area contributed by atoms with Gasteiger partial charge in [0.05, 0.1) is 38.2 Å². The molecule has 56 heavy (non-hydrogen) atoms. The van der Waals surface area contributed by atoms with Crippen molar-refractivity contribution in [2.24, 2.45) is 23.7 Å². The first-order chi connectivity index (χ1) is 26.4. The Morgan fingerprint density at radius 3 is 2.00 bits per heavy atom. The number of hydrogen-bond donors (Lipinski definition) is 4. The average Bonchev–Trinajstić information content (AvgIpc) is 3.18. The van der Waals surface area contributed by atoms with Crippen LogP contribution in [0.2, 0.25) is 0 Å². The Balaban J connectivity index is 2.58. The highest BCUT2D eigenvalue weighted by Gasteiger charge is 2.38. The minimum absolute atomic E-state index is 0.0126. The van der Waals surface area contributed by atoms with Crippen molar-refractivity contribution in [3.63, 3.8) is 0 Å². The van der Waals surface area contributed by atoms with Crippen LogP contribution in [0.15, 0.2) is 54.1 Å². The third-order valence-corrected chi connectivity index (χ3v) is 10.2. The van der Waals surface area contributed by atoms with Crippen molar-refractivity contribution >= 4 is 41.5 Å². The first kappa shape index (κ1) is 47.1. The van der Waals surface area contributed by atoms with E-state index in [-0.39, 0.29) is 24.9 Å². The zero-order chi connectivity index (χ0) is 42.3. The summed E-state index contributed by atoms with van der Waals surface area (Å²) in [6.45, 7) is 11.8. The number of amides is 5. The standard InChI is InChI=1S/C41H61N5O10/c1-23(2)34-39(51)42-30(18-17-24(3)21-25(4)32(54-9)22-29-15-13-12-14-16-29)26(5)36(48)43-31(40(52)55-10)19-20-33(47)46(8)28(7)38(50)45-35(41(53)56-11)27(6)37(49)44-34/h12-18,21,23,25-28,30-32,34-35H,19-20,22H2,1-11H3,(H,42,51)(H,43,48)(H,44,49)(H,45,50)/b18-17+,24-21+/t25-,26-,27-,28-,30-,31+,32-,34+,35+/m0/s1. The predicted molar refractivity (Wildman–Crippen MR) is 209 cm³/mol. The van der Waals surface area contributed by atoms with Gasteiger partial charge in [0.15, 0.2) is 0 Å². The zero-order valence-electron chi connectivity index (χ0n) is 34.5. The molecule has 1 aromatic rings. The summed E-state index contributed by atoms with van der Waals surface area (Å²) in [6, 6.07) is 4.10. The fraction of sp³-hybridized carbons (Fsp3) is 0.585. The van der Waals surface area contributed by atoms with Crippen LogP contribution < -0.4 is 21.3 Å². The molecule has 1 aromatic carbocycles. The van der Waals surface area contributed by atoms with Gasteiger partial charge in [-0.2, -0.15) is 0 Å². The van der Waals surface area contributed by atoms with Crippen LogP contribution >= 0.6 is 0 Å². The van der Waals surface area contributed by atoms with Gasteiger partial charge < -0.3 is 40.4 Å². The summed E-state index contributed by atoms with van der Waals surface area (Å²) in [5, 5.41) is 10.8. The maximum absolute atomic E-state index is 14.0. The number of carbonyl (C=O) groups excluding carboxylic acids is 7. The summed E-state index contributed by atoms with van der Waals surface area (Å²) < 4.78 is 15.6. The number of allylic oxidation sites excluding steroid dienone is 2. The van der Waals surface area contributed by atoms with E-state index in [1.807, 2.05) is 50.3 Å². The number of likely N-dealkylation sites (N-methyl/N-ethyl adjacent to an activating group) is 1. The number of nitrogens with zero attached hydrogens (tertiary/aromatic N) is 1. The molecular formula is C41H61N5O10. The molecule has 0 unspecified atom stereocenters. The third-order valence-electron chi connectivity index (χ3n) is 10.2. The molecule has 1 fully saturated rings. The van der Waals surface area contributed by atoms with Gasteiger partial charge in [0, 0.05) is 26.5 Å². The Morgan fingerprint density at radius 2 is 1.43 bits per heavy atom. The van der Waals surface area contributed by atoms with Gasteiger partial charge in [-0.1, -0.05) is 88.8 Å². The van der Waals surface area contributed by atoms with Crippen LogP contribution in [0.4, 0.5) is 0 Å². The fourth-order valence-corrected chi connectivity index (χ4v) is 6.21. The minimum Gasteiger partial charge on any atom is -0.467 e. The normalized spacial score (nSPS) is 26.5. The van der Waals surface area contributed by atoms with Crippen LogP contribution in [-0.4, -0.2) is 111 Å². The molecule has 1 saturated heterocycles. The van der Waals surface area contributed by atoms with Crippen LogP contribution in [-0.2, 0) is 54.2 Å². The molecule has 0 bridgehead atoms. The van der Waals surface area contributed by atoms with E-state index in [0.29, 0.717) is 6.42 Å². The molecule has 1 aliphatic heterocycles. The fourth-order valence-electron chi connectivity index (χ4n) is 6.21. The number of esters is 2. The highest BCUT2D eigenvalue weighted by Crippen LogP contribution is 2.19. The van der Waals surface area contributed by atoms with Gasteiger partial charge in [-0.05, 0) is 38.2 Å². The number of methoxy groups -OCH3 is 3. The summed E-state index contributed by atoms with van der Waals surface area (Å²) >= 11 is 0. The Morgan fingerprint density at radius 1 is 0.821 bits per heavy atom. The molecule has 0 saturated carbocycles. The molecule has 0 aromatic heterocycles. The molecule has 5 amide bonds. The van der Waals surface area contributed by atoms with Gasteiger partial charge in [0.2, 0.25) is 29.5 Å². The molecule has 15 heteroatoms. The number of benzene rings is 1. The largest absolute Gasteiger partial charge is 0.467 e. The lowest BCUT2D eigenvalue weighted by molar-refractivity contribution is -0.150. The van der Waals surface area contributed by atoms with E-state index in [9.17, 15) is 33.6 Å². The van der Waals surface area contributed by atoms with Crippen molar-refractivity contribution in [1.29, 1.82) is 0 Å². The highest BCUT2D eigenvalue weighted by molar-refractivity contribution is 5.95. The van der Waals surface area contributed by atoms with Crippen LogP contribution in [0.5, 0.6) is 0 Å². The van der Waals surface area contributed by atoms with Crippen molar-refractivity contribution in [2.75, 3.05) is 28.4 Å². The first-order valence-corrected chi connectivity index (χ1v) is 18.9. The van der Waals surface area contributed by atoms with E-state index >= 15 is 0 Å². The van der Waals surface area contributed by atoms with E-state index in [1.54, 1.807) is 40.0 Å². The second kappa shape index (κ2) is 22.5. The van der Waals surface area contributed by atoms with E-state index < -0.39 is 89.4 Å². The van der Waals surface area contributed by atoms with Gasteiger partial charge in [-0.25, -0.2) is 9.59 Å². The monoisotopic (exact) mass is 783 g/mol. The van der Waals surface area contributed by atoms with Crippen LogP contribution in [0.25, 0.3) is 0 Å². The molecule has 0 radical (unpaired) electrons. The highest BCUT2D eigenvalue weighted by atomic mass is 16.5. The smallest absolute Gasteiger partial charge is 0.329 e. The Kier molecular flexibility index (Phi) is 18.9. The lowest BCUT2D eigenvalue weighted by atomic mass is 9.94. The van der Waals surface area contributed by atoms with Crippen molar-refractivity contribution in [1.82, 2.24) is 26.2 Å². The molecule has 0 spiro atoms. The maximum Gasteiger partial charge on any atom is 0.329 e. The summed E-state index contributed by atoms with van der Waals surface area (Å²) in [5.41, 5.74) is 1.96. The second-order valence-electron chi connectivity index (χ2n) is 14.7. The van der Waals surface area contributed by atoms with Crippen LogP contribution in [0, 0.1) is 23.7 Å². The van der Waals surface area contributed by atoms with E-state index in [1.165, 1.54) is 20.9 Å². The molecule has 0 aliphatic carbocycles. The zero-order valence-corrected chi connectivity index (χ0v) is 34.5. The lowest BCUT2D eigenvalue weighted by Crippen LogP contribution is -2.58. The minimum atomic E-state index is -1.46. The van der Waals surface area contributed by atoms with E-state index in [0.717, 1.165) is 30.3 Å². The van der Waals surface area contributed by atoms with Crippen molar-refractivity contribution in [2.45, 2.75) is 104 Å². The van der Waals surface area contributed by atoms with Gasteiger partial charge >= 0.3 is 11.9 Å². The number of hydrogen-bond acceptors (Lipinski definition) is 10. The van der Waals surface area contributed by atoms with Crippen molar-refractivity contribution < 1.29 is 47.8 Å². The summed E-state index contributed by atoms with van der Waals surface area (Å²) in [6.07, 6.45) is 5.62. The Hall–Kier alpha value is -5.05. The van der Waals surface area contributed by atoms with Gasteiger partial charge in [0.25, 0.3) is 0 Å². The molecule has 4 N–H and O–H groups in total. The van der Waals surface area contributed by atoms with E-state index in [2.05, 4.69) is 21.3 Å². The van der Waals surface area contributed by atoms with Crippen LogP contribution in [0.1, 0.15) is 66.9 Å². The van der Waals surface area contributed by atoms with Crippen LogP contribution in [0.3, 0.4) is 0 Å². The molecule has 1 aliphatic rings. The molecule has 15 nitrogen and oxygen atoms in total. The number of carbonyl (C=O) groups is 7. The van der Waals surface area contributed by atoms with Crippen molar-refractivity contribution in [3.8, 4) is 0 Å². The first-order valence-electron chi connectivity index (χ1n) is 18.9. The van der Waals surface area contributed by atoms with Gasteiger partial charge in [0.1, 0.15) is 24.2 Å². The second-order valence-corrected chi connectivity index (χ2v) is 14.7. The summed E-state index contributed by atoms with van der Waals surface area (Å²) in [5.74, 6) is -7.57. The van der Waals surface area contributed by atoms with Crippen molar-refractivity contribution in [3.05, 3.63) is 59.7 Å². The third kappa shape index (κ3) is 13.6. The molecular weight excluding hydrogens is 722 g/mol.